The van der Waals surface area contributed by atoms with E-state index in [1.807, 2.05) is 104 Å². The van der Waals surface area contributed by atoms with Gasteiger partial charge in [0, 0.05) is 29.3 Å². The summed E-state index contributed by atoms with van der Waals surface area (Å²) in [4.78, 5) is 19.6. The van der Waals surface area contributed by atoms with Crippen molar-refractivity contribution < 1.29 is 0 Å². The molecule has 0 aliphatic carbocycles. The molecule has 0 N–H and O–H groups in total. The van der Waals surface area contributed by atoms with E-state index in [1.165, 1.54) is 0 Å². The molecular formula is C29H21N5. The van der Waals surface area contributed by atoms with Crippen LogP contribution in [0.4, 0.5) is 0 Å². The molecule has 6 aromatic rings. The van der Waals surface area contributed by atoms with Crippen LogP contribution in [0.3, 0.4) is 0 Å². The van der Waals surface area contributed by atoms with Crippen LogP contribution in [0.15, 0.2) is 109 Å². The maximum Gasteiger partial charge on any atom is 0.164 e. The Hall–Kier alpha value is -4.64. The largest absolute Gasteiger partial charge is 0.327 e. The SMILES string of the molecule is Cn1c(-c2ccccc2-c2nc(-c3ccccc3)nc(-c3ccccc3)n2)nc2ccccc21. The second kappa shape index (κ2) is 8.37. The van der Waals surface area contributed by atoms with E-state index in [4.69, 9.17) is 19.9 Å². The Morgan fingerprint density at radius 2 is 0.971 bits per heavy atom. The minimum Gasteiger partial charge on any atom is -0.327 e. The third-order valence-corrected chi connectivity index (χ3v) is 5.90. The Bertz CT molecular complexity index is 1550. The Labute approximate surface area is 197 Å². The van der Waals surface area contributed by atoms with Gasteiger partial charge >= 0.3 is 0 Å². The maximum atomic E-state index is 4.92. The maximum absolute atomic E-state index is 4.92. The zero-order chi connectivity index (χ0) is 22.9. The van der Waals surface area contributed by atoms with Gasteiger partial charge in [-0.05, 0) is 12.1 Å². The number of nitrogens with zero attached hydrogens (tertiary/aromatic N) is 5. The third kappa shape index (κ3) is 3.53. The summed E-state index contributed by atoms with van der Waals surface area (Å²) in [5.41, 5.74) is 5.83. The molecule has 0 amide bonds. The van der Waals surface area contributed by atoms with Crippen LogP contribution < -0.4 is 0 Å². The molecule has 0 aliphatic heterocycles. The van der Waals surface area contributed by atoms with Gasteiger partial charge < -0.3 is 4.57 Å². The van der Waals surface area contributed by atoms with Crippen LogP contribution in [0.25, 0.3) is 56.6 Å². The van der Waals surface area contributed by atoms with Crippen molar-refractivity contribution in [2.45, 2.75) is 0 Å². The molecule has 0 unspecified atom stereocenters. The monoisotopic (exact) mass is 439 g/mol. The number of hydrogen-bond acceptors (Lipinski definition) is 4. The van der Waals surface area contributed by atoms with Crippen molar-refractivity contribution in [3.05, 3.63) is 109 Å². The zero-order valence-corrected chi connectivity index (χ0v) is 18.6. The number of hydrogen-bond donors (Lipinski definition) is 0. The van der Waals surface area contributed by atoms with Crippen LogP contribution in [0, 0.1) is 0 Å². The van der Waals surface area contributed by atoms with Crippen molar-refractivity contribution in [3.8, 4) is 45.6 Å². The minimum atomic E-state index is 0.621. The van der Waals surface area contributed by atoms with Crippen molar-refractivity contribution in [2.24, 2.45) is 7.05 Å². The smallest absolute Gasteiger partial charge is 0.164 e. The zero-order valence-electron chi connectivity index (χ0n) is 18.6. The lowest BCUT2D eigenvalue weighted by Crippen LogP contribution is -2.02. The van der Waals surface area contributed by atoms with E-state index in [0.717, 1.165) is 39.1 Å². The molecule has 2 heterocycles. The van der Waals surface area contributed by atoms with Gasteiger partial charge in [-0.1, -0.05) is 97.1 Å². The number of fused-ring (bicyclic) bond motifs is 1. The van der Waals surface area contributed by atoms with Crippen LogP contribution in [0.2, 0.25) is 0 Å². The van der Waals surface area contributed by atoms with Crippen molar-refractivity contribution in [3.63, 3.8) is 0 Å². The molecule has 0 radical (unpaired) electrons. The highest BCUT2D eigenvalue weighted by molar-refractivity contribution is 5.85. The molecule has 2 aromatic heterocycles. The fourth-order valence-corrected chi connectivity index (χ4v) is 4.19. The molecule has 4 aromatic carbocycles. The summed E-state index contributed by atoms with van der Waals surface area (Å²) in [7, 11) is 2.04. The van der Waals surface area contributed by atoms with Crippen LogP contribution in [-0.4, -0.2) is 24.5 Å². The summed E-state index contributed by atoms with van der Waals surface area (Å²) in [6.45, 7) is 0. The molecule has 162 valence electrons. The highest BCUT2D eigenvalue weighted by atomic mass is 15.1. The molecule has 6 rings (SSSR count). The number of imidazole rings is 1. The predicted octanol–water partition coefficient (Wildman–Crippen LogP) is 6.43. The van der Waals surface area contributed by atoms with Crippen LogP contribution in [0.5, 0.6) is 0 Å². The predicted molar refractivity (Wildman–Crippen MR) is 136 cm³/mol. The van der Waals surface area contributed by atoms with E-state index in [-0.39, 0.29) is 0 Å². The number of aryl methyl sites for hydroxylation is 1. The Morgan fingerprint density at radius 3 is 1.59 bits per heavy atom. The van der Waals surface area contributed by atoms with E-state index < -0.39 is 0 Å². The first-order valence-electron chi connectivity index (χ1n) is 11.2. The molecule has 0 atom stereocenters. The molecule has 34 heavy (non-hydrogen) atoms. The lowest BCUT2D eigenvalue weighted by molar-refractivity contribution is 0.958. The van der Waals surface area contributed by atoms with E-state index in [9.17, 15) is 0 Å². The molecule has 5 nitrogen and oxygen atoms in total. The first-order chi connectivity index (χ1) is 16.8. The van der Waals surface area contributed by atoms with Crippen molar-refractivity contribution >= 4 is 11.0 Å². The van der Waals surface area contributed by atoms with Gasteiger partial charge in [-0.15, -0.1) is 0 Å². The van der Waals surface area contributed by atoms with Crippen LogP contribution >= 0.6 is 0 Å². The number of para-hydroxylation sites is 2. The Kier molecular flexibility index (Phi) is 4.92. The highest BCUT2D eigenvalue weighted by Gasteiger charge is 2.18. The Balaban J connectivity index is 1.59. The van der Waals surface area contributed by atoms with Gasteiger partial charge in [0.25, 0.3) is 0 Å². The summed E-state index contributed by atoms with van der Waals surface area (Å²) in [5, 5.41) is 0. The summed E-state index contributed by atoms with van der Waals surface area (Å²) < 4.78 is 2.12. The van der Waals surface area contributed by atoms with E-state index >= 15 is 0 Å². The third-order valence-electron chi connectivity index (χ3n) is 5.90. The van der Waals surface area contributed by atoms with Gasteiger partial charge in [0.05, 0.1) is 11.0 Å². The van der Waals surface area contributed by atoms with Gasteiger partial charge in [0.1, 0.15) is 5.82 Å². The van der Waals surface area contributed by atoms with E-state index in [0.29, 0.717) is 17.5 Å². The molecule has 0 saturated carbocycles. The van der Waals surface area contributed by atoms with E-state index in [2.05, 4.69) is 16.7 Å². The van der Waals surface area contributed by atoms with Crippen molar-refractivity contribution in [1.82, 2.24) is 24.5 Å². The normalized spacial score (nSPS) is 11.1. The second-order valence-electron chi connectivity index (χ2n) is 8.07. The molecule has 5 heteroatoms. The fraction of sp³-hybridized carbons (Fsp3) is 0.0345. The standard InChI is InChI=1S/C29H21N5/c1-34-25-19-11-10-18-24(25)30-29(34)23-17-9-8-16-22(23)28-32-26(20-12-4-2-5-13-20)31-27(33-28)21-14-6-3-7-15-21/h2-19H,1H3. The minimum absolute atomic E-state index is 0.621. The molecular weight excluding hydrogens is 418 g/mol. The van der Waals surface area contributed by atoms with Crippen molar-refractivity contribution in [1.29, 1.82) is 0 Å². The second-order valence-corrected chi connectivity index (χ2v) is 8.07. The van der Waals surface area contributed by atoms with E-state index in [1.54, 1.807) is 0 Å². The Morgan fingerprint density at radius 1 is 0.471 bits per heavy atom. The summed E-state index contributed by atoms with van der Waals surface area (Å²) in [6.07, 6.45) is 0. The highest BCUT2D eigenvalue weighted by Crippen LogP contribution is 2.33. The van der Waals surface area contributed by atoms with Crippen LogP contribution in [0.1, 0.15) is 0 Å². The average molecular weight is 440 g/mol. The van der Waals surface area contributed by atoms with Gasteiger partial charge in [-0.2, -0.15) is 0 Å². The lowest BCUT2D eigenvalue weighted by atomic mass is 10.1. The lowest BCUT2D eigenvalue weighted by Gasteiger charge is -2.12. The summed E-state index contributed by atoms with van der Waals surface area (Å²) in [6, 6.07) is 36.3. The fourth-order valence-electron chi connectivity index (χ4n) is 4.19. The molecule has 0 spiro atoms. The summed E-state index contributed by atoms with van der Waals surface area (Å²) in [5.74, 6) is 2.78. The quantitative estimate of drug-likeness (QED) is 0.318. The average Bonchev–Trinajstić information content (AvgIpc) is 3.26. The van der Waals surface area contributed by atoms with Gasteiger partial charge in [0.15, 0.2) is 17.5 Å². The number of aromatic nitrogens is 5. The van der Waals surface area contributed by atoms with Gasteiger partial charge in [-0.3, -0.25) is 0 Å². The topological polar surface area (TPSA) is 56.5 Å². The summed E-state index contributed by atoms with van der Waals surface area (Å²) >= 11 is 0. The van der Waals surface area contributed by atoms with Gasteiger partial charge in [0.2, 0.25) is 0 Å². The first-order valence-corrected chi connectivity index (χ1v) is 11.2. The molecule has 0 aliphatic rings. The van der Waals surface area contributed by atoms with Crippen LogP contribution in [-0.2, 0) is 7.05 Å². The number of benzene rings is 4. The first kappa shape index (κ1) is 20.0. The number of rotatable bonds is 4. The van der Waals surface area contributed by atoms with Gasteiger partial charge in [-0.25, -0.2) is 19.9 Å². The molecule has 0 bridgehead atoms. The molecule has 0 saturated heterocycles. The molecule has 0 fully saturated rings. The van der Waals surface area contributed by atoms with Crippen molar-refractivity contribution in [2.75, 3.05) is 0 Å².